The van der Waals surface area contributed by atoms with Crippen molar-refractivity contribution in [1.82, 2.24) is 10.2 Å². The summed E-state index contributed by atoms with van der Waals surface area (Å²) in [4.78, 5) is 14.2. The number of rotatable bonds is 5. The maximum Gasteiger partial charge on any atom is 0.254 e. The highest BCUT2D eigenvalue weighted by molar-refractivity contribution is 6.31. The van der Waals surface area contributed by atoms with Gasteiger partial charge in [-0.3, -0.25) is 4.79 Å². The van der Waals surface area contributed by atoms with Crippen LogP contribution in [0.15, 0.2) is 42.5 Å². The van der Waals surface area contributed by atoms with E-state index >= 15 is 0 Å². The third-order valence-electron chi connectivity index (χ3n) is 3.22. The van der Waals surface area contributed by atoms with E-state index in [2.05, 4.69) is 10.2 Å². The van der Waals surface area contributed by atoms with Gasteiger partial charge in [-0.25, -0.2) is 4.39 Å². The Morgan fingerprint density at radius 2 is 1.86 bits per heavy atom. The SMILES string of the molecule is CN(C)Cc1ccccc1CNC(=O)c1cc(Cl)ccc1F. The number of benzene rings is 2. The molecule has 116 valence electrons. The lowest BCUT2D eigenvalue weighted by molar-refractivity contribution is 0.0946. The first-order valence-corrected chi connectivity index (χ1v) is 7.30. The number of halogens is 2. The van der Waals surface area contributed by atoms with Crippen LogP contribution in [-0.4, -0.2) is 24.9 Å². The summed E-state index contributed by atoms with van der Waals surface area (Å²) in [7, 11) is 3.97. The molecule has 0 bridgehead atoms. The molecule has 0 heterocycles. The highest BCUT2D eigenvalue weighted by Gasteiger charge is 2.12. The monoisotopic (exact) mass is 320 g/mol. The zero-order chi connectivity index (χ0) is 16.1. The van der Waals surface area contributed by atoms with Crippen LogP contribution in [0.2, 0.25) is 5.02 Å². The average molecular weight is 321 g/mol. The van der Waals surface area contributed by atoms with Crippen LogP contribution in [0.3, 0.4) is 0 Å². The predicted molar refractivity (Wildman–Crippen MR) is 86.4 cm³/mol. The molecule has 2 aromatic carbocycles. The lowest BCUT2D eigenvalue weighted by atomic mass is 10.1. The van der Waals surface area contributed by atoms with Crippen LogP contribution in [-0.2, 0) is 13.1 Å². The molecule has 0 aliphatic carbocycles. The van der Waals surface area contributed by atoms with Gasteiger partial charge in [0.05, 0.1) is 5.56 Å². The van der Waals surface area contributed by atoms with Crippen LogP contribution in [0.5, 0.6) is 0 Å². The number of carbonyl (C=O) groups is 1. The average Bonchev–Trinajstić information content (AvgIpc) is 2.48. The lowest BCUT2D eigenvalue weighted by Crippen LogP contribution is -2.25. The van der Waals surface area contributed by atoms with Gasteiger partial charge in [0.1, 0.15) is 5.82 Å². The Hall–Kier alpha value is -1.91. The number of carbonyl (C=O) groups excluding carboxylic acids is 1. The summed E-state index contributed by atoms with van der Waals surface area (Å²) in [6.45, 7) is 1.12. The molecule has 2 rings (SSSR count). The fourth-order valence-corrected chi connectivity index (χ4v) is 2.34. The maximum atomic E-state index is 13.7. The molecule has 2 aromatic rings. The smallest absolute Gasteiger partial charge is 0.254 e. The molecule has 0 aliphatic rings. The first-order valence-electron chi connectivity index (χ1n) is 6.92. The second-order valence-electron chi connectivity index (χ2n) is 5.31. The van der Waals surface area contributed by atoms with Gasteiger partial charge < -0.3 is 10.2 Å². The fourth-order valence-electron chi connectivity index (χ4n) is 2.17. The topological polar surface area (TPSA) is 32.3 Å². The van der Waals surface area contributed by atoms with E-state index < -0.39 is 11.7 Å². The molecule has 0 aromatic heterocycles. The van der Waals surface area contributed by atoms with Crippen molar-refractivity contribution < 1.29 is 9.18 Å². The molecular formula is C17H18ClFN2O. The highest BCUT2D eigenvalue weighted by Crippen LogP contribution is 2.15. The van der Waals surface area contributed by atoms with Crippen molar-refractivity contribution in [1.29, 1.82) is 0 Å². The number of hydrogen-bond donors (Lipinski definition) is 1. The maximum absolute atomic E-state index is 13.7. The molecule has 0 saturated heterocycles. The zero-order valence-electron chi connectivity index (χ0n) is 12.6. The summed E-state index contributed by atoms with van der Waals surface area (Å²) in [5, 5.41) is 3.07. The van der Waals surface area contributed by atoms with Crippen molar-refractivity contribution in [3.63, 3.8) is 0 Å². The molecule has 0 aliphatic heterocycles. The largest absolute Gasteiger partial charge is 0.348 e. The van der Waals surface area contributed by atoms with E-state index in [9.17, 15) is 9.18 Å². The molecule has 5 heteroatoms. The van der Waals surface area contributed by atoms with Crippen LogP contribution in [0, 0.1) is 5.82 Å². The van der Waals surface area contributed by atoms with E-state index in [4.69, 9.17) is 11.6 Å². The predicted octanol–water partition coefficient (Wildman–Crippen LogP) is 3.47. The van der Waals surface area contributed by atoms with Gasteiger partial charge in [-0.2, -0.15) is 0 Å². The van der Waals surface area contributed by atoms with E-state index in [1.165, 1.54) is 18.2 Å². The minimum Gasteiger partial charge on any atom is -0.348 e. The van der Waals surface area contributed by atoms with Crippen LogP contribution >= 0.6 is 11.6 Å². The first-order chi connectivity index (χ1) is 10.5. The minimum atomic E-state index is -0.580. The van der Waals surface area contributed by atoms with E-state index in [1.807, 2.05) is 38.4 Å². The molecule has 0 spiro atoms. The molecule has 0 radical (unpaired) electrons. The summed E-state index contributed by atoms with van der Waals surface area (Å²) in [6, 6.07) is 11.8. The van der Waals surface area contributed by atoms with Crippen molar-refractivity contribution in [3.05, 3.63) is 70.0 Å². The van der Waals surface area contributed by atoms with Crippen LogP contribution < -0.4 is 5.32 Å². The van der Waals surface area contributed by atoms with Crippen LogP contribution in [0.1, 0.15) is 21.5 Å². The third kappa shape index (κ3) is 4.29. The van der Waals surface area contributed by atoms with Gasteiger partial charge >= 0.3 is 0 Å². The normalized spacial score (nSPS) is 10.8. The summed E-state index contributed by atoms with van der Waals surface area (Å²) in [5.41, 5.74) is 2.09. The molecule has 0 saturated carbocycles. The minimum absolute atomic E-state index is 0.0439. The van der Waals surface area contributed by atoms with Gasteiger partial charge in [-0.05, 0) is 43.4 Å². The molecule has 22 heavy (non-hydrogen) atoms. The second kappa shape index (κ2) is 7.38. The van der Waals surface area contributed by atoms with Crippen LogP contribution in [0.4, 0.5) is 4.39 Å². The number of nitrogens with zero attached hydrogens (tertiary/aromatic N) is 1. The Bertz CT molecular complexity index is 673. The molecule has 0 fully saturated rings. The van der Waals surface area contributed by atoms with Crippen molar-refractivity contribution in [2.45, 2.75) is 13.1 Å². The quantitative estimate of drug-likeness (QED) is 0.915. The van der Waals surface area contributed by atoms with E-state index in [1.54, 1.807) is 0 Å². The van der Waals surface area contributed by atoms with Gasteiger partial charge in [-0.15, -0.1) is 0 Å². The molecular weight excluding hydrogens is 303 g/mol. The lowest BCUT2D eigenvalue weighted by Gasteiger charge is -2.14. The number of hydrogen-bond acceptors (Lipinski definition) is 2. The molecule has 0 unspecified atom stereocenters. The van der Waals surface area contributed by atoms with Gasteiger partial charge in [0.25, 0.3) is 5.91 Å². The van der Waals surface area contributed by atoms with E-state index in [0.717, 1.165) is 17.7 Å². The molecule has 1 N–H and O–H groups in total. The number of amides is 1. The van der Waals surface area contributed by atoms with E-state index in [0.29, 0.717) is 11.6 Å². The highest BCUT2D eigenvalue weighted by atomic mass is 35.5. The Labute approximate surface area is 134 Å². The van der Waals surface area contributed by atoms with Gasteiger partial charge in [0.15, 0.2) is 0 Å². The zero-order valence-corrected chi connectivity index (χ0v) is 13.3. The van der Waals surface area contributed by atoms with Crippen molar-refractivity contribution in [2.24, 2.45) is 0 Å². The first kappa shape index (κ1) is 16.5. The van der Waals surface area contributed by atoms with E-state index in [-0.39, 0.29) is 5.56 Å². The fraction of sp³-hybridized carbons (Fsp3) is 0.235. The Kier molecular flexibility index (Phi) is 5.52. The Morgan fingerprint density at radius 1 is 1.18 bits per heavy atom. The summed E-state index contributed by atoms with van der Waals surface area (Å²) < 4.78 is 13.7. The Balaban J connectivity index is 2.10. The second-order valence-corrected chi connectivity index (χ2v) is 5.75. The third-order valence-corrected chi connectivity index (χ3v) is 3.45. The number of nitrogens with one attached hydrogen (secondary N) is 1. The van der Waals surface area contributed by atoms with Crippen LogP contribution in [0.25, 0.3) is 0 Å². The van der Waals surface area contributed by atoms with Crippen molar-refractivity contribution in [2.75, 3.05) is 14.1 Å². The Morgan fingerprint density at radius 3 is 2.55 bits per heavy atom. The van der Waals surface area contributed by atoms with Gasteiger partial charge in [0, 0.05) is 18.1 Å². The van der Waals surface area contributed by atoms with Gasteiger partial charge in [0.2, 0.25) is 0 Å². The molecule has 1 amide bonds. The standard InChI is InChI=1S/C17H18ClFN2O/c1-21(2)11-13-6-4-3-5-12(13)10-20-17(22)15-9-14(18)7-8-16(15)19/h3-9H,10-11H2,1-2H3,(H,20,22). The van der Waals surface area contributed by atoms with Crippen molar-refractivity contribution >= 4 is 17.5 Å². The summed E-state index contributed by atoms with van der Waals surface area (Å²) >= 11 is 5.81. The molecule has 0 atom stereocenters. The van der Waals surface area contributed by atoms with Gasteiger partial charge in [-0.1, -0.05) is 35.9 Å². The van der Waals surface area contributed by atoms with Crippen molar-refractivity contribution in [3.8, 4) is 0 Å². The molecule has 3 nitrogen and oxygen atoms in total. The summed E-state index contributed by atoms with van der Waals surface area (Å²) in [6.07, 6.45) is 0. The summed E-state index contributed by atoms with van der Waals surface area (Å²) in [5.74, 6) is -1.05.